The average Bonchev–Trinajstić information content (AvgIpc) is 2.61. The third-order valence-corrected chi connectivity index (χ3v) is 2.71. The van der Waals surface area contributed by atoms with Gasteiger partial charge in [-0.2, -0.15) is 5.10 Å². The van der Waals surface area contributed by atoms with E-state index in [1.54, 1.807) is 0 Å². The summed E-state index contributed by atoms with van der Waals surface area (Å²) in [5.74, 6) is 0.226. The zero-order chi connectivity index (χ0) is 12.6. The van der Waals surface area contributed by atoms with Crippen molar-refractivity contribution in [2.45, 2.75) is 33.2 Å². The van der Waals surface area contributed by atoms with Crippen LogP contribution in [0.5, 0.6) is 5.75 Å². The van der Waals surface area contributed by atoms with E-state index in [1.807, 2.05) is 35.9 Å². The molecule has 90 valence electrons. The molecule has 0 atom stereocenters. The Morgan fingerprint density at radius 1 is 1.12 bits per heavy atom. The molecule has 0 aliphatic carbocycles. The lowest BCUT2D eigenvalue weighted by Gasteiger charge is -2.22. The van der Waals surface area contributed by atoms with Crippen LogP contribution in [0.4, 0.5) is 0 Å². The molecule has 17 heavy (non-hydrogen) atoms. The van der Waals surface area contributed by atoms with Gasteiger partial charge in [0.15, 0.2) is 5.75 Å². The standard InChI is InChI=1S/C14H18N2O/c1-10-5-7-11(8-6-10)13-12(17)9-15-16(13)14(2,3)4/h5-9,17H,1-4H3. The fourth-order valence-corrected chi connectivity index (χ4v) is 1.83. The Morgan fingerprint density at radius 3 is 2.24 bits per heavy atom. The summed E-state index contributed by atoms with van der Waals surface area (Å²) in [5, 5.41) is 14.2. The summed E-state index contributed by atoms with van der Waals surface area (Å²) in [6, 6.07) is 8.09. The maximum atomic E-state index is 9.93. The number of benzene rings is 1. The molecule has 0 saturated heterocycles. The van der Waals surface area contributed by atoms with Gasteiger partial charge in [0.25, 0.3) is 0 Å². The van der Waals surface area contributed by atoms with E-state index in [0.717, 1.165) is 11.3 Å². The Morgan fingerprint density at radius 2 is 1.71 bits per heavy atom. The highest BCUT2D eigenvalue weighted by atomic mass is 16.3. The summed E-state index contributed by atoms with van der Waals surface area (Å²) < 4.78 is 1.85. The molecule has 1 aromatic carbocycles. The molecule has 3 nitrogen and oxygen atoms in total. The van der Waals surface area contributed by atoms with Crippen LogP contribution in [-0.2, 0) is 5.54 Å². The summed E-state index contributed by atoms with van der Waals surface area (Å²) in [4.78, 5) is 0. The molecule has 2 rings (SSSR count). The van der Waals surface area contributed by atoms with Gasteiger partial charge in [0.2, 0.25) is 0 Å². The van der Waals surface area contributed by atoms with E-state index >= 15 is 0 Å². The van der Waals surface area contributed by atoms with Crippen molar-refractivity contribution in [1.82, 2.24) is 9.78 Å². The molecule has 0 saturated carbocycles. The molecular formula is C14H18N2O. The molecule has 0 amide bonds. The van der Waals surface area contributed by atoms with Crippen molar-refractivity contribution >= 4 is 0 Å². The van der Waals surface area contributed by atoms with Gasteiger partial charge >= 0.3 is 0 Å². The third-order valence-electron chi connectivity index (χ3n) is 2.71. The summed E-state index contributed by atoms with van der Waals surface area (Å²) in [6.45, 7) is 8.25. The maximum Gasteiger partial charge on any atom is 0.161 e. The van der Waals surface area contributed by atoms with E-state index in [1.165, 1.54) is 11.8 Å². The average molecular weight is 230 g/mol. The Labute approximate surface area is 102 Å². The van der Waals surface area contributed by atoms with Gasteiger partial charge in [-0.3, -0.25) is 4.68 Å². The van der Waals surface area contributed by atoms with E-state index in [0.29, 0.717) is 0 Å². The van der Waals surface area contributed by atoms with Crippen molar-refractivity contribution in [3.05, 3.63) is 36.0 Å². The highest BCUT2D eigenvalue weighted by Gasteiger charge is 2.21. The number of rotatable bonds is 1. The quantitative estimate of drug-likeness (QED) is 0.816. The molecular weight excluding hydrogens is 212 g/mol. The topological polar surface area (TPSA) is 38.1 Å². The predicted octanol–water partition coefficient (Wildman–Crippen LogP) is 3.32. The minimum absolute atomic E-state index is 0.152. The lowest BCUT2D eigenvalue weighted by atomic mass is 10.1. The van der Waals surface area contributed by atoms with Crippen LogP contribution in [-0.4, -0.2) is 14.9 Å². The van der Waals surface area contributed by atoms with Crippen molar-refractivity contribution in [2.24, 2.45) is 0 Å². The van der Waals surface area contributed by atoms with Crippen molar-refractivity contribution < 1.29 is 5.11 Å². The zero-order valence-corrected chi connectivity index (χ0v) is 10.7. The lowest BCUT2D eigenvalue weighted by Crippen LogP contribution is -2.23. The third kappa shape index (κ3) is 2.18. The first-order valence-electron chi connectivity index (χ1n) is 5.74. The summed E-state index contributed by atoms with van der Waals surface area (Å²) in [5.41, 5.74) is 2.81. The number of hydrogen-bond acceptors (Lipinski definition) is 2. The molecule has 1 heterocycles. The van der Waals surface area contributed by atoms with Crippen LogP contribution in [0.2, 0.25) is 0 Å². The van der Waals surface area contributed by atoms with E-state index < -0.39 is 0 Å². The van der Waals surface area contributed by atoms with E-state index in [-0.39, 0.29) is 11.3 Å². The van der Waals surface area contributed by atoms with Crippen LogP contribution in [0.15, 0.2) is 30.5 Å². The number of nitrogens with zero attached hydrogens (tertiary/aromatic N) is 2. The van der Waals surface area contributed by atoms with Gasteiger partial charge < -0.3 is 5.11 Å². The number of aromatic nitrogens is 2. The van der Waals surface area contributed by atoms with Crippen molar-refractivity contribution in [3.63, 3.8) is 0 Å². The van der Waals surface area contributed by atoms with Gasteiger partial charge in [0, 0.05) is 5.56 Å². The van der Waals surface area contributed by atoms with Crippen molar-refractivity contribution in [1.29, 1.82) is 0 Å². The van der Waals surface area contributed by atoms with Crippen LogP contribution in [0, 0.1) is 6.92 Å². The highest BCUT2D eigenvalue weighted by molar-refractivity contribution is 5.66. The Kier molecular flexibility index (Phi) is 2.69. The Balaban J connectivity index is 2.59. The Hall–Kier alpha value is -1.77. The SMILES string of the molecule is Cc1ccc(-c2c(O)cnn2C(C)(C)C)cc1. The van der Waals surface area contributed by atoms with Crippen LogP contribution in [0.3, 0.4) is 0 Å². The molecule has 3 heteroatoms. The van der Waals surface area contributed by atoms with Crippen molar-refractivity contribution in [2.75, 3.05) is 0 Å². The smallest absolute Gasteiger partial charge is 0.161 e. The van der Waals surface area contributed by atoms with E-state index in [2.05, 4.69) is 25.9 Å². The van der Waals surface area contributed by atoms with Crippen LogP contribution < -0.4 is 0 Å². The van der Waals surface area contributed by atoms with Gasteiger partial charge in [-0.25, -0.2) is 0 Å². The molecule has 0 bridgehead atoms. The second kappa shape index (κ2) is 3.91. The molecule has 0 aliphatic heterocycles. The fourth-order valence-electron chi connectivity index (χ4n) is 1.83. The number of hydrogen-bond donors (Lipinski definition) is 1. The van der Waals surface area contributed by atoms with E-state index in [4.69, 9.17) is 0 Å². The zero-order valence-electron chi connectivity index (χ0n) is 10.7. The lowest BCUT2D eigenvalue weighted by molar-refractivity contribution is 0.358. The van der Waals surface area contributed by atoms with Crippen LogP contribution in [0.25, 0.3) is 11.3 Å². The molecule has 0 aliphatic rings. The van der Waals surface area contributed by atoms with Crippen molar-refractivity contribution in [3.8, 4) is 17.0 Å². The fraction of sp³-hybridized carbons (Fsp3) is 0.357. The van der Waals surface area contributed by atoms with Crippen LogP contribution in [0.1, 0.15) is 26.3 Å². The second-order valence-corrected chi connectivity index (χ2v) is 5.33. The first kappa shape index (κ1) is 11.7. The normalized spacial score (nSPS) is 11.8. The first-order valence-corrected chi connectivity index (χ1v) is 5.74. The second-order valence-electron chi connectivity index (χ2n) is 5.33. The molecule has 0 radical (unpaired) electrons. The predicted molar refractivity (Wildman–Crippen MR) is 69.1 cm³/mol. The van der Waals surface area contributed by atoms with Gasteiger partial charge in [-0.05, 0) is 27.7 Å². The number of aromatic hydroxyl groups is 1. The number of aryl methyl sites for hydroxylation is 1. The molecule has 0 unspecified atom stereocenters. The Bertz CT molecular complexity index is 518. The van der Waals surface area contributed by atoms with Gasteiger partial charge in [0.1, 0.15) is 5.69 Å². The molecule has 0 fully saturated rings. The van der Waals surface area contributed by atoms with E-state index in [9.17, 15) is 5.11 Å². The molecule has 1 N–H and O–H groups in total. The molecule has 2 aromatic rings. The van der Waals surface area contributed by atoms with Gasteiger partial charge in [-0.15, -0.1) is 0 Å². The minimum atomic E-state index is -0.152. The summed E-state index contributed by atoms with van der Waals surface area (Å²) in [7, 11) is 0. The van der Waals surface area contributed by atoms with Gasteiger partial charge in [-0.1, -0.05) is 29.8 Å². The maximum absolute atomic E-state index is 9.93. The largest absolute Gasteiger partial charge is 0.504 e. The summed E-state index contributed by atoms with van der Waals surface area (Å²) >= 11 is 0. The molecule has 1 aromatic heterocycles. The monoisotopic (exact) mass is 230 g/mol. The van der Waals surface area contributed by atoms with Crippen LogP contribution >= 0.6 is 0 Å². The first-order chi connectivity index (χ1) is 7.89. The summed E-state index contributed by atoms with van der Waals surface area (Å²) in [6.07, 6.45) is 1.50. The molecule has 0 spiro atoms. The van der Waals surface area contributed by atoms with Gasteiger partial charge in [0.05, 0.1) is 11.7 Å². The highest BCUT2D eigenvalue weighted by Crippen LogP contribution is 2.32. The minimum Gasteiger partial charge on any atom is -0.504 e.